The van der Waals surface area contributed by atoms with E-state index in [2.05, 4.69) is 4.99 Å². The number of ether oxygens (including phenoxy) is 3. The zero-order valence-electron chi connectivity index (χ0n) is 20.5. The third-order valence-electron chi connectivity index (χ3n) is 5.61. The number of aliphatic carboxylic acids is 1. The minimum absolute atomic E-state index is 0.0728. The van der Waals surface area contributed by atoms with Crippen molar-refractivity contribution in [2.75, 3.05) is 20.3 Å². The molecule has 1 aromatic heterocycles. The van der Waals surface area contributed by atoms with Crippen molar-refractivity contribution in [1.29, 1.82) is 0 Å². The third kappa shape index (κ3) is 5.33. The van der Waals surface area contributed by atoms with E-state index in [1.54, 1.807) is 50.3 Å². The van der Waals surface area contributed by atoms with Crippen molar-refractivity contribution >= 4 is 52.6 Å². The number of aromatic nitrogens is 1. The molecule has 2 heterocycles. The molecule has 12 heteroatoms. The number of thiazole rings is 1. The van der Waals surface area contributed by atoms with Gasteiger partial charge in [0.25, 0.3) is 5.56 Å². The standard InChI is InChI=1S/C26H22Cl2N2O7S/c1-4-36-25(34)21-13(2)29-26-30(22(21)15-7-5-6-8-16(15)27)24(33)19(38-26)11-14-9-17(28)23(18(10-14)35-3)37-12-20(31)32/h5-11,22H,4,12H2,1-3H3,(H,31,32)/b19-11+/t22-/m0/s1. The average molecular weight is 577 g/mol. The van der Waals surface area contributed by atoms with E-state index in [-0.39, 0.29) is 28.7 Å². The maximum absolute atomic E-state index is 13.7. The van der Waals surface area contributed by atoms with Crippen molar-refractivity contribution in [2.45, 2.75) is 19.9 Å². The van der Waals surface area contributed by atoms with Crippen LogP contribution in [-0.2, 0) is 14.3 Å². The lowest BCUT2D eigenvalue weighted by Gasteiger charge is -2.25. The fourth-order valence-corrected chi connectivity index (χ4v) is 5.59. The molecule has 2 aromatic carbocycles. The summed E-state index contributed by atoms with van der Waals surface area (Å²) in [5.74, 6) is -1.48. The lowest BCUT2D eigenvalue weighted by atomic mass is 9.96. The highest BCUT2D eigenvalue weighted by Gasteiger charge is 2.34. The highest BCUT2D eigenvalue weighted by molar-refractivity contribution is 7.07. The van der Waals surface area contributed by atoms with Gasteiger partial charge in [-0.15, -0.1) is 0 Å². The van der Waals surface area contributed by atoms with E-state index in [1.165, 1.54) is 17.7 Å². The van der Waals surface area contributed by atoms with Gasteiger partial charge in [0.05, 0.1) is 34.5 Å². The first-order valence-electron chi connectivity index (χ1n) is 11.3. The molecule has 1 N–H and O–H groups in total. The van der Waals surface area contributed by atoms with Crippen LogP contribution >= 0.6 is 34.5 Å². The van der Waals surface area contributed by atoms with Crippen LogP contribution in [0.15, 0.2) is 57.5 Å². The molecule has 0 amide bonds. The van der Waals surface area contributed by atoms with Crippen LogP contribution in [0.3, 0.4) is 0 Å². The molecule has 0 saturated carbocycles. The minimum Gasteiger partial charge on any atom is -0.493 e. The molecular formula is C26H22Cl2N2O7S. The van der Waals surface area contributed by atoms with Gasteiger partial charge in [-0.3, -0.25) is 9.36 Å². The monoisotopic (exact) mass is 576 g/mol. The Labute approximate surface area is 230 Å². The average Bonchev–Trinajstić information content (AvgIpc) is 3.16. The summed E-state index contributed by atoms with van der Waals surface area (Å²) in [5, 5.41) is 9.41. The molecule has 3 aromatic rings. The maximum atomic E-state index is 13.7. The number of carbonyl (C=O) groups is 2. The van der Waals surface area contributed by atoms with Gasteiger partial charge < -0.3 is 19.3 Å². The highest BCUT2D eigenvalue weighted by Crippen LogP contribution is 2.37. The number of halogens is 2. The lowest BCUT2D eigenvalue weighted by molar-refractivity contribution is -0.140. The smallest absolute Gasteiger partial charge is 0.341 e. The molecule has 0 saturated heterocycles. The SMILES string of the molecule is CCOC(=O)C1=C(C)N=c2s/c(=C/c3cc(Cl)c(OCC(=O)O)c(OC)c3)c(=O)n2[C@H]1c1ccccc1Cl. The molecule has 0 fully saturated rings. The summed E-state index contributed by atoms with van der Waals surface area (Å²) in [6, 6.07) is 9.23. The van der Waals surface area contributed by atoms with Crippen LogP contribution in [0.4, 0.5) is 0 Å². The molecule has 0 aliphatic carbocycles. The Morgan fingerprint density at radius 3 is 2.61 bits per heavy atom. The van der Waals surface area contributed by atoms with Crippen molar-refractivity contribution in [1.82, 2.24) is 4.57 Å². The van der Waals surface area contributed by atoms with Crippen molar-refractivity contribution < 1.29 is 28.9 Å². The van der Waals surface area contributed by atoms with E-state index in [0.717, 1.165) is 11.3 Å². The minimum atomic E-state index is -1.17. The largest absolute Gasteiger partial charge is 0.493 e. The van der Waals surface area contributed by atoms with E-state index >= 15 is 0 Å². The van der Waals surface area contributed by atoms with Crippen LogP contribution in [0, 0.1) is 0 Å². The predicted molar refractivity (Wildman–Crippen MR) is 143 cm³/mol. The van der Waals surface area contributed by atoms with E-state index in [0.29, 0.717) is 31.2 Å². The molecule has 0 spiro atoms. The summed E-state index contributed by atoms with van der Waals surface area (Å²) in [6.45, 7) is 2.95. The second-order valence-corrected chi connectivity index (χ2v) is 9.86. The van der Waals surface area contributed by atoms with Crippen LogP contribution in [0.5, 0.6) is 11.5 Å². The van der Waals surface area contributed by atoms with Crippen molar-refractivity contribution in [3.63, 3.8) is 0 Å². The normalized spacial score (nSPS) is 15.1. The van der Waals surface area contributed by atoms with E-state index in [1.807, 2.05) is 0 Å². The quantitative estimate of drug-likeness (QED) is 0.407. The molecule has 38 heavy (non-hydrogen) atoms. The van der Waals surface area contributed by atoms with Crippen LogP contribution < -0.4 is 24.4 Å². The van der Waals surface area contributed by atoms with Crippen molar-refractivity contribution in [3.8, 4) is 11.5 Å². The van der Waals surface area contributed by atoms with Gasteiger partial charge in [-0.25, -0.2) is 14.6 Å². The van der Waals surface area contributed by atoms with E-state index < -0.39 is 30.1 Å². The molecule has 1 aliphatic rings. The first kappa shape index (κ1) is 27.4. The summed E-state index contributed by atoms with van der Waals surface area (Å²) in [7, 11) is 1.39. The van der Waals surface area contributed by atoms with Gasteiger partial charge in [-0.1, -0.05) is 52.7 Å². The number of rotatable bonds is 8. The summed E-state index contributed by atoms with van der Waals surface area (Å²) in [6.07, 6.45) is 1.60. The summed E-state index contributed by atoms with van der Waals surface area (Å²) in [5.41, 5.74) is 1.32. The topological polar surface area (TPSA) is 116 Å². The Bertz CT molecular complexity index is 1640. The molecule has 0 radical (unpaired) electrons. The van der Waals surface area contributed by atoms with E-state index in [9.17, 15) is 14.4 Å². The Morgan fingerprint density at radius 1 is 1.21 bits per heavy atom. The van der Waals surface area contributed by atoms with Crippen molar-refractivity contribution in [3.05, 3.63) is 88.5 Å². The Kier molecular flexibility index (Phi) is 8.25. The van der Waals surface area contributed by atoms with Crippen LogP contribution in [-0.4, -0.2) is 41.9 Å². The number of fused-ring (bicyclic) bond motifs is 1. The fraction of sp³-hybridized carbons (Fsp3) is 0.231. The summed E-state index contributed by atoms with van der Waals surface area (Å²) >= 11 is 14.0. The maximum Gasteiger partial charge on any atom is 0.341 e. The lowest BCUT2D eigenvalue weighted by Crippen LogP contribution is -2.40. The molecule has 4 rings (SSSR count). The molecule has 9 nitrogen and oxygen atoms in total. The molecule has 0 bridgehead atoms. The summed E-state index contributed by atoms with van der Waals surface area (Å²) in [4.78, 5) is 42.5. The molecular weight excluding hydrogens is 555 g/mol. The molecule has 1 atom stereocenters. The fourth-order valence-electron chi connectivity index (χ4n) is 4.03. The number of hydrogen-bond donors (Lipinski definition) is 1. The molecule has 198 valence electrons. The number of nitrogens with zero attached hydrogens (tertiary/aromatic N) is 2. The first-order chi connectivity index (χ1) is 18.2. The number of hydrogen-bond acceptors (Lipinski definition) is 8. The van der Waals surface area contributed by atoms with Crippen LogP contribution in [0.2, 0.25) is 10.0 Å². The number of carbonyl (C=O) groups excluding carboxylic acids is 1. The van der Waals surface area contributed by atoms with Gasteiger partial charge in [0.1, 0.15) is 6.04 Å². The van der Waals surface area contributed by atoms with Gasteiger partial charge in [-0.2, -0.15) is 0 Å². The number of allylic oxidation sites excluding steroid dienone is 1. The number of esters is 1. The van der Waals surface area contributed by atoms with E-state index in [4.69, 9.17) is 42.5 Å². The third-order valence-corrected chi connectivity index (χ3v) is 7.21. The second-order valence-electron chi connectivity index (χ2n) is 8.04. The molecule has 1 aliphatic heterocycles. The highest BCUT2D eigenvalue weighted by atomic mass is 35.5. The van der Waals surface area contributed by atoms with Crippen molar-refractivity contribution in [2.24, 2.45) is 4.99 Å². The van der Waals surface area contributed by atoms with Gasteiger partial charge in [0.15, 0.2) is 22.9 Å². The Balaban J connectivity index is 1.90. The predicted octanol–water partition coefficient (Wildman–Crippen LogP) is 3.58. The second kappa shape index (κ2) is 11.4. The number of methoxy groups -OCH3 is 1. The number of carboxylic acids is 1. The zero-order valence-corrected chi connectivity index (χ0v) is 22.8. The van der Waals surface area contributed by atoms with Gasteiger partial charge in [0, 0.05) is 5.02 Å². The van der Waals surface area contributed by atoms with Crippen LogP contribution in [0.25, 0.3) is 6.08 Å². The summed E-state index contributed by atoms with van der Waals surface area (Å²) < 4.78 is 17.6. The Hall–Kier alpha value is -3.60. The first-order valence-corrected chi connectivity index (χ1v) is 12.9. The zero-order chi connectivity index (χ0) is 27.6. The van der Waals surface area contributed by atoms with Gasteiger partial charge in [0.2, 0.25) is 0 Å². The Morgan fingerprint density at radius 2 is 1.95 bits per heavy atom. The van der Waals surface area contributed by atoms with Crippen LogP contribution in [0.1, 0.15) is 31.0 Å². The number of carboxylic acid groups (broad SMARTS) is 1. The van der Waals surface area contributed by atoms with Gasteiger partial charge in [-0.05, 0) is 49.2 Å². The van der Waals surface area contributed by atoms with Gasteiger partial charge >= 0.3 is 11.9 Å². The molecule has 0 unspecified atom stereocenters. The number of benzene rings is 2.